The molecular formula is C12H15FN2O3. The Kier molecular flexibility index (Phi) is 4.25. The third kappa shape index (κ3) is 2.97. The summed E-state index contributed by atoms with van der Waals surface area (Å²) in [7, 11) is 3.14. The molecule has 1 atom stereocenters. The Bertz CT molecular complexity index is 474. The molecule has 18 heavy (non-hydrogen) atoms. The largest absolute Gasteiger partial charge is 0.478 e. The van der Waals surface area contributed by atoms with Crippen LogP contribution >= 0.6 is 0 Å². The molecule has 0 aliphatic rings. The highest BCUT2D eigenvalue weighted by Gasteiger charge is 2.20. The molecule has 0 aliphatic carbocycles. The predicted molar refractivity (Wildman–Crippen MR) is 65.1 cm³/mol. The van der Waals surface area contributed by atoms with E-state index in [0.717, 1.165) is 6.07 Å². The van der Waals surface area contributed by atoms with Gasteiger partial charge in [0.25, 0.3) is 0 Å². The van der Waals surface area contributed by atoms with Gasteiger partial charge in [-0.3, -0.25) is 4.79 Å². The summed E-state index contributed by atoms with van der Waals surface area (Å²) >= 11 is 0. The predicted octanol–water partition coefficient (Wildman–Crippen LogP) is 1.41. The molecule has 0 saturated carbocycles. The zero-order chi connectivity index (χ0) is 13.9. The highest BCUT2D eigenvalue weighted by molar-refractivity contribution is 5.95. The fourth-order valence-electron chi connectivity index (χ4n) is 1.51. The number of halogens is 1. The number of carboxylic acids is 1. The Labute approximate surface area is 104 Å². The summed E-state index contributed by atoms with van der Waals surface area (Å²) in [5.41, 5.74) is -0.374. The molecule has 0 heterocycles. The average Bonchev–Trinajstić information content (AvgIpc) is 2.30. The fraction of sp³-hybridized carbons (Fsp3) is 0.333. The van der Waals surface area contributed by atoms with Crippen LogP contribution < -0.4 is 5.32 Å². The number of carbonyl (C=O) groups excluding carboxylic acids is 1. The van der Waals surface area contributed by atoms with Crippen LogP contribution in [0.5, 0.6) is 0 Å². The molecule has 98 valence electrons. The van der Waals surface area contributed by atoms with E-state index in [1.807, 2.05) is 0 Å². The van der Waals surface area contributed by atoms with Crippen molar-refractivity contribution in [2.45, 2.75) is 13.0 Å². The SMILES string of the molecule is CC(Nc1c(F)cccc1C(=O)O)C(=O)N(C)C. The summed E-state index contributed by atoms with van der Waals surface area (Å²) in [6.07, 6.45) is 0. The van der Waals surface area contributed by atoms with Crippen LogP contribution in [0.2, 0.25) is 0 Å². The Balaban J connectivity index is 3.04. The average molecular weight is 254 g/mol. The minimum atomic E-state index is -1.25. The number of carboxylic acid groups (broad SMARTS) is 1. The molecule has 0 spiro atoms. The van der Waals surface area contributed by atoms with E-state index in [9.17, 15) is 14.0 Å². The monoisotopic (exact) mass is 254 g/mol. The maximum absolute atomic E-state index is 13.6. The van der Waals surface area contributed by atoms with Gasteiger partial charge < -0.3 is 15.3 Å². The van der Waals surface area contributed by atoms with Crippen molar-refractivity contribution in [3.63, 3.8) is 0 Å². The molecule has 2 N–H and O–H groups in total. The highest BCUT2D eigenvalue weighted by Crippen LogP contribution is 2.21. The summed E-state index contributed by atoms with van der Waals surface area (Å²) in [6, 6.07) is 3.01. The lowest BCUT2D eigenvalue weighted by atomic mass is 10.1. The quantitative estimate of drug-likeness (QED) is 0.852. The maximum Gasteiger partial charge on any atom is 0.337 e. The fourth-order valence-corrected chi connectivity index (χ4v) is 1.51. The molecule has 6 heteroatoms. The van der Waals surface area contributed by atoms with Crippen LogP contribution in [0.4, 0.5) is 10.1 Å². The standard InChI is InChI=1S/C12H15FN2O3/c1-7(11(16)15(2)3)14-10-8(12(17)18)5-4-6-9(10)13/h4-7,14H,1-3H3,(H,17,18). The van der Waals surface area contributed by atoms with Crippen molar-refractivity contribution >= 4 is 17.6 Å². The van der Waals surface area contributed by atoms with E-state index in [2.05, 4.69) is 5.32 Å². The van der Waals surface area contributed by atoms with Crippen molar-refractivity contribution < 1.29 is 19.1 Å². The number of nitrogens with zero attached hydrogens (tertiary/aromatic N) is 1. The van der Waals surface area contributed by atoms with Gasteiger partial charge in [0.2, 0.25) is 5.91 Å². The van der Waals surface area contributed by atoms with Gasteiger partial charge in [0.15, 0.2) is 0 Å². The highest BCUT2D eigenvalue weighted by atomic mass is 19.1. The Morgan fingerprint density at radius 2 is 2.00 bits per heavy atom. The second-order valence-corrected chi connectivity index (χ2v) is 4.07. The Hall–Kier alpha value is -2.11. The molecule has 1 aromatic carbocycles. The molecule has 1 amide bonds. The van der Waals surface area contributed by atoms with Crippen molar-refractivity contribution in [1.29, 1.82) is 0 Å². The molecule has 1 unspecified atom stereocenters. The smallest absolute Gasteiger partial charge is 0.337 e. The van der Waals surface area contributed by atoms with Crippen LogP contribution in [0, 0.1) is 5.82 Å². The molecule has 1 rings (SSSR count). The third-order valence-corrected chi connectivity index (χ3v) is 2.42. The van der Waals surface area contributed by atoms with E-state index < -0.39 is 17.8 Å². The van der Waals surface area contributed by atoms with Crippen LogP contribution in [0.1, 0.15) is 17.3 Å². The van der Waals surface area contributed by atoms with E-state index in [-0.39, 0.29) is 17.2 Å². The maximum atomic E-state index is 13.6. The molecule has 5 nitrogen and oxygen atoms in total. The van der Waals surface area contributed by atoms with Gasteiger partial charge in [-0.05, 0) is 19.1 Å². The van der Waals surface area contributed by atoms with E-state index in [1.54, 1.807) is 21.0 Å². The van der Waals surface area contributed by atoms with Crippen molar-refractivity contribution in [2.24, 2.45) is 0 Å². The summed E-state index contributed by atoms with van der Waals surface area (Å²) in [4.78, 5) is 23.9. The molecule has 0 fully saturated rings. The number of aromatic carboxylic acids is 1. The number of hydrogen-bond acceptors (Lipinski definition) is 3. The number of carbonyl (C=O) groups is 2. The minimum absolute atomic E-state index is 0.173. The number of anilines is 1. The first-order chi connectivity index (χ1) is 8.34. The van der Waals surface area contributed by atoms with Crippen molar-refractivity contribution in [3.05, 3.63) is 29.6 Å². The van der Waals surface area contributed by atoms with E-state index >= 15 is 0 Å². The minimum Gasteiger partial charge on any atom is -0.478 e. The van der Waals surface area contributed by atoms with Gasteiger partial charge in [-0.25, -0.2) is 9.18 Å². The van der Waals surface area contributed by atoms with Gasteiger partial charge >= 0.3 is 5.97 Å². The number of para-hydroxylation sites is 1. The first-order valence-corrected chi connectivity index (χ1v) is 5.34. The number of amides is 1. The van der Waals surface area contributed by atoms with Crippen molar-refractivity contribution in [3.8, 4) is 0 Å². The Morgan fingerprint density at radius 3 is 2.50 bits per heavy atom. The lowest BCUT2D eigenvalue weighted by Crippen LogP contribution is -2.37. The van der Waals surface area contributed by atoms with Gasteiger partial charge in [-0.1, -0.05) is 6.07 Å². The molecule has 0 bridgehead atoms. The zero-order valence-electron chi connectivity index (χ0n) is 10.4. The van der Waals surface area contributed by atoms with Crippen molar-refractivity contribution in [1.82, 2.24) is 4.90 Å². The summed E-state index contributed by atoms with van der Waals surface area (Å²) in [5.74, 6) is -2.22. The molecule has 1 aromatic rings. The molecule has 0 saturated heterocycles. The first-order valence-electron chi connectivity index (χ1n) is 5.34. The second-order valence-electron chi connectivity index (χ2n) is 4.07. The van der Waals surface area contributed by atoms with Crippen LogP contribution in [-0.2, 0) is 4.79 Å². The topological polar surface area (TPSA) is 69.6 Å². The second kappa shape index (κ2) is 5.48. The molecular weight excluding hydrogens is 239 g/mol. The van der Waals surface area contributed by atoms with Crippen LogP contribution in [-0.4, -0.2) is 42.0 Å². The van der Waals surface area contributed by atoms with E-state index in [4.69, 9.17) is 5.11 Å². The number of likely N-dealkylation sites (N-methyl/N-ethyl adjacent to an activating group) is 1. The molecule has 0 radical (unpaired) electrons. The van der Waals surface area contributed by atoms with Crippen LogP contribution in [0.25, 0.3) is 0 Å². The number of hydrogen-bond donors (Lipinski definition) is 2. The van der Waals surface area contributed by atoms with Gasteiger partial charge in [0.1, 0.15) is 11.9 Å². The zero-order valence-corrected chi connectivity index (χ0v) is 10.4. The third-order valence-electron chi connectivity index (χ3n) is 2.42. The number of benzene rings is 1. The summed E-state index contributed by atoms with van der Waals surface area (Å²) in [6.45, 7) is 1.54. The van der Waals surface area contributed by atoms with Crippen LogP contribution in [0.3, 0.4) is 0 Å². The van der Waals surface area contributed by atoms with Crippen LogP contribution in [0.15, 0.2) is 18.2 Å². The summed E-state index contributed by atoms with van der Waals surface area (Å²) in [5, 5.41) is 11.5. The van der Waals surface area contributed by atoms with E-state index in [1.165, 1.54) is 17.0 Å². The van der Waals surface area contributed by atoms with Gasteiger partial charge in [0, 0.05) is 14.1 Å². The van der Waals surface area contributed by atoms with Gasteiger partial charge in [-0.15, -0.1) is 0 Å². The van der Waals surface area contributed by atoms with Crippen molar-refractivity contribution in [2.75, 3.05) is 19.4 Å². The first kappa shape index (κ1) is 14.0. The Morgan fingerprint density at radius 1 is 1.39 bits per heavy atom. The lowest BCUT2D eigenvalue weighted by molar-refractivity contribution is -0.129. The van der Waals surface area contributed by atoms with Gasteiger partial charge in [0.05, 0.1) is 11.3 Å². The lowest BCUT2D eigenvalue weighted by Gasteiger charge is -2.20. The normalized spacial score (nSPS) is 11.8. The van der Waals surface area contributed by atoms with Gasteiger partial charge in [-0.2, -0.15) is 0 Å². The molecule has 0 aliphatic heterocycles. The summed E-state index contributed by atoms with van der Waals surface area (Å²) < 4.78 is 13.6. The van der Waals surface area contributed by atoms with E-state index in [0.29, 0.717) is 0 Å². The number of rotatable bonds is 4. The molecule has 0 aromatic heterocycles. The number of nitrogens with one attached hydrogen (secondary N) is 1.